The Hall–Kier alpha value is -3.29. The van der Waals surface area contributed by atoms with Crippen molar-refractivity contribution in [3.63, 3.8) is 0 Å². The van der Waals surface area contributed by atoms with E-state index in [0.717, 1.165) is 29.8 Å². The van der Waals surface area contributed by atoms with Crippen LogP contribution in [0.3, 0.4) is 0 Å². The molecule has 0 fully saturated rings. The van der Waals surface area contributed by atoms with E-state index in [2.05, 4.69) is 5.32 Å². The number of nitro groups is 1. The SMILES string of the molecule is COc1cc2c(cc1OC)C(c1ccc([N+](=O)[O-])o1)C1=C(CCCC1=O)N2. The molecule has 0 bridgehead atoms. The highest BCUT2D eigenvalue weighted by atomic mass is 16.6. The summed E-state index contributed by atoms with van der Waals surface area (Å²) in [6.07, 6.45) is 1.94. The second-order valence-corrected chi connectivity index (χ2v) is 6.45. The molecule has 1 atom stereocenters. The number of hydrogen-bond acceptors (Lipinski definition) is 7. The van der Waals surface area contributed by atoms with Gasteiger partial charge in [-0.05, 0) is 30.5 Å². The van der Waals surface area contributed by atoms with Crippen molar-refractivity contribution in [1.82, 2.24) is 0 Å². The van der Waals surface area contributed by atoms with Gasteiger partial charge in [0.25, 0.3) is 0 Å². The van der Waals surface area contributed by atoms with Gasteiger partial charge in [-0.25, -0.2) is 0 Å². The van der Waals surface area contributed by atoms with Crippen LogP contribution in [0.25, 0.3) is 0 Å². The Bertz CT molecular complexity index is 975. The average Bonchev–Trinajstić information content (AvgIpc) is 3.15. The van der Waals surface area contributed by atoms with Gasteiger partial charge in [0.1, 0.15) is 10.7 Å². The van der Waals surface area contributed by atoms with Gasteiger partial charge in [-0.1, -0.05) is 0 Å². The van der Waals surface area contributed by atoms with E-state index in [4.69, 9.17) is 13.9 Å². The number of carbonyl (C=O) groups excluding carboxylic acids is 1. The Morgan fingerprint density at radius 1 is 1.19 bits per heavy atom. The fraction of sp³-hybridized carbons (Fsp3) is 0.316. The molecule has 1 aromatic carbocycles. The van der Waals surface area contributed by atoms with Crippen molar-refractivity contribution in [2.24, 2.45) is 0 Å². The van der Waals surface area contributed by atoms with Crippen molar-refractivity contribution >= 4 is 17.4 Å². The summed E-state index contributed by atoms with van der Waals surface area (Å²) >= 11 is 0. The topological polar surface area (TPSA) is 104 Å². The number of benzene rings is 1. The van der Waals surface area contributed by atoms with Gasteiger partial charge < -0.3 is 19.2 Å². The minimum Gasteiger partial charge on any atom is -0.493 e. The number of rotatable bonds is 4. The van der Waals surface area contributed by atoms with Crippen LogP contribution in [0.1, 0.15) is 36.5 Å². The Labute approximate surface area is 154 Å². The second kappa shape index (κ2) is 6.46. The Kier molecular flexibility index (Phi) is 4.10. The number of anilines is 1. The Morgan fingerprint density at radius 3 is 2.59 bits per heavy atom. The number of allylic oxidation sites excluding steroid dienone is 2. The molecule has 1 unspecified atom stereocenters. The van der Waals surface area contributed by atoms with Crippen LogP contribution in [-0.4, -0.2) is 24.9 Å². The molecular weight excluding hydrogens is 352 g/mol. The van der Waals surface area contributed by atoms with Gasteiger partial charge >= 0.3 is 5.88 Å². The molecule has 0 radical (unpaired) electrons. The number of Topliss-reactive ketones (excluding diaryl/α,β-unsaturated/α-hetero) is 1. The smallest absolute Gasteiger partial charge is 0.433 e. The third-order valence-electron chi connectivity index (χ3n) is 4.97. The number of ether oxygens (including phenoxy) is 2. The molecule has 8 nitrogen and oxygen atoms in total. The van der Waals surface area contributed by atoms with E-state index in [1.165, 1.54) is 13.2 Å². The standard InChI is InChI=1S/C19H18N2O6/c1-25-15-8-10-12(9-16(15)26-2)20-11-4-3-5-13(22)19(11)18(10)14-6-7-17(27-14)21(23)24/h6-9,18,20H,3-5H2,1-2H3. The normalized spacial score (nSPS) is 18.4. The van der Waals surface area contributed by atoms with E-state index in [1.54, 1.807) is 25.3 Å². The van der Waals surface area contributed by atoms with Crippen LogP contribution in [0.5, 0.6) is 11.5 Å². The number of furan rings is 1. The number of hydrogen-bond donors (Lipinski definition) is 1. The lowest BCUT2D eigenvalue weighted by Crippen LogP contribution is -2.26. The molecule has 1 N–H and O–H groups in total. The first-order valence-corrected chi connectivity index (χ1v) is 8.56. The Morgan fingerprint density at radius 2 is 1.93 bits per heavy atom. The second-order valence-electron chi connectivity index (χ2n) is 6.45. The van der Waals surface area contributed by atoms with E-state index in [9.17, 15) is 14.9 Å². The fourth-order valence-electron chi connectivity index (χ4n) is 3.78. The minimum absolute atomic E-state index is 0.0215. The highest BCUT2D eigenvalue weighted by Gasteiger charge is 2.38. The molecule has 1 aliphatic carbocycles. The number of fused-ring (bicyclic) bond motifs is 1. The van der Waals surface area contributed by atoms with Gasteiger partial charge in [-0.2, -0.15) is 0 Å². The fourth-order valence-corrected chi connectivity index (χ4v) is 3.78. The van der Waals surface area contributed by atoms with Crippen molar-refractivity contribution < 1.29 is 23.6 Å². The number of carbonyl (C=O) groups is 1. The summed E-state index contributed by atoms with van der Waals surface area (Å²) < 4.78 is 16.3. The summed E-state index contributed by atoms with van der Waals surface area (Å²) in [5.74, 6) is 0.566. The number of ketones is 1. The summed E-state index contributed by atoms with van der Waals surface area (Å²) in [5.41, 5.74) is 2.95. The zero-order valence-corrected chi connectivity index (χ0v) is 14.9. The van der Waals surface area contributed by atoms with Gasteiger partial charge in [0, 0.05) is 29.4 Å². The molecule has 2 aliphatic rings. The highest BCUT2D eigenvalue weighted by molar-refractivity contribution is 6.01. The van der Waals surface area contributed by atoms with Gasteiger partial charge in [0.2, 0.25) is 0 Å². The first kappa shape index (κ1) is 17.1. The van der Waals surface area contributed by atoms with Crippen LogP contribution in [-0.2, 0) is 4.79 Å². The lowest BCUT2D eigenvalue weighted by atomic mass is 9.77. The molecule has 0 amide bonds. The monoisotopic (exact) mass is 370 g/mol. The first-order valence-electron chi connectivity index (χ1n) is 8.56. The van der Waals surface area contributed by atoms with Crippen molar-refractivity contribution in [2.75, 3.05) is 19.5 Å². The van der Waals surface area contributed by atoms with Crippen LogP contribution in [0, 0.1) is 10.1 Å². The predicted octanol–water partition coefficient (Wildman–Crippen LogP) is 3.77. The maximum Gasteiger partial charge on any atom is 0.433 e. The van der Waals surface area contributed by atoms with Crippen molar-refractivity contribution in [1.29, 1.82) is 0 Å². The average molecular weight is 370 g/mol. The van der Waals surface area contributed by atoms with Gasteiger partial charge in [-0.15, -0.1) is 0 Å². The summed E-state index contributed by atoms with van der Waals surface area (Å²) in [6.45, 7) is 0. The van der Waals surface area contributed by atoms with Crippen molar-refractivity contribution in [3.05, 3.63) is 57.0 Å². The molecule has 140 valence electrons. The summed E-state index contributed by atoms with van der Waals surface area (Å²) in [5, 5.41) is 14.4. The van der Waals surface area contributed by atoms with E-state index in [0.29, 0.717) is 29.3 Å². The maximum atomic E-state index is 12.7. The summed E-state index contributed by atoms with van der Waals surface area (Å²) in [7, 11) is 3.08. The molecule has 1 aliphatic heterocycles. The molecule has 2 heterocycles. The highest BCUT2D eigenvalue weighted by Crippen LogP contribution is 2.49. The van der Waals surface area contributed by atoms with Crippen molar-refractivity contribution in [2.45, 2.75) is 25.2 Å². The third-order valence-corrected chi connectivity index (χ3v) is 4.97. The zero-order chi connectivity index (χ0) is 19.1. The van der Waals surface area contributed by atoms with Crippen LogP contribution in [0.4, 0.5) is 11.6 Å². The molecule has 0 saturated carbocycles. The van der Waals surface area contributed by atoms with Crippen LogP contribution >= 0.6 is 0 Å². The quantitative estimate of drug-likeness (QED) is 0.645. The molecule has 0 saturated heterocycles. The van der Waals surface area contributed by atoms with Crippen LogP contribution < -0.4 is 14.8 Å². The lowest BCUT2D eigenvalue weighted by Gasteiger charge is -2.33. The first-order chi connectivity index (χ1) is 13.0. The number of methoxy groups -OCH3 is 2. The van der Waals surface area contributed by atoms with E-state index in [1.807, 2.05) is 0 Å². The molecule has 0 spiro atoms. The zero-order valence-electron chi connectivity index (χ0n) is 14.9. The molecule has 27 heavy (non-hydrogen) atoms. The van der Waals surface area contributed by atoms with E-state index in [-0.39, 0.29) is 11.7 Å². The van der Waals surface area contributed by atoms with Crippen molar-refractivity contribution in [3.8, 4) is 11.5 Å². The largest absolute Gasteiger partial charge is 0.493 e. The van der Waals surface area contributed by atoms with Gasteiger partial charge in [-0.3, -0.25) is 14.9 Å². The van der Waals surface area contributed by atoms with E-state index < -0.39 is 10.8 Å². The van der Waals surface area contributed by atoms with Gasteiger partial charge in [0.05, 0.1) is 26.2 Å². The minimum atomic E-state index is -0.585. The lowest BCUT2D eigenvalue weighted by molar-refractivity contribution is -0.402. The summed E-state index contributed by atoms with van der Waals surface area (Å²) in [6, 6.07) is 6.46. The molecule has 1 aromatic heterocycles. The Balaban J connectivity index is 1.93. The molecule has 2 aromatic rings. The van der Waals surface area contributed by atoms with E-state index >= 15 is 0 Å². The summed E-state index contributed by atoms with van der Waals surface area (Å²) in [4.78, 5) is 23.2. The predicted molar refractivity (Wildman–Crippen MR) is 96.3 cm³/mol. The third kappa shape index (κ3) is 2.73. The van der Waals surface area contributed by atoms with Gasteiger partial charge in [0.15, 0.2) is 17.3 Å². The number of nitrogens with one attached hydrogen (secondary N) is 1. The number of nitrogens with zero attached hydrogens (tertiary/aromatic N) is 1. The molecule has 4 rings (SSSR count). The van der Waals surface area contributed by atoms with Crippen LogP contribution in [0.2, 0.25) is 0 Å². The maximum absolute atomic E-state index is 12.7. The molecular formula is C19H18N2O6. The molecule has 8 heteroatoms. The van der Waals surface area contributed by atoms with Crippen LogP contribution in [0.15, 0.2) is 40.0 Å².